The molecule has 2 rings (SSSR count). The maximum absolute atomic E-state index is 14.0. The van der Waals surface area contributed by atoms with E-state index in [9.17, 15) is 18.8 Å². The number of ketones is 1. The van der Waals surface area contributed by atoms with Crippen molar-refractivity contribution in [1.29, 1.82) is 0 Å². The van der Waals surface area contributed by atoms with Crippen molar-refractivity contribution in [2.75, 3.05) is 11.6 Å². The van der Waals surface area contributed by atoms with Crippen molar-refractivity contribution < 1.29 is 14.0 Å². The van der Waals surface area contributed by atoms with Gasteiger partial charge in [-0.15, -0.1) is 0 Å². The minimum absolute atomic E-state index is 0.0560. The number of Topliss-reactive ketones (excluding diaryl/α,β-unsaturated/α-hetero) is 1. The van der Waals surface area contributed by atoms with E-state index in [0.29, 0.717) is 5.69 Å². The Morgan fingerprint density at radius 3 is 2.65 bits per heavy atom. The van der Waals surface area contributed by atoms with Crippen molar-refractivity contribution in [2.24, 2.45) is 11.7 Å². The Labute approximate surface area is 153 Å². The lowest BCUT2D eigenvalue weighted by Gasteiger charge is -2.12. The number of halogens is 1. The van der Waals surface area contributed by atoms with E-state index < -0.39 is 17.3 Å². The van der Waals surface area contributed by atoms with Crippen molar-refractivity contribution >= 4 is 35.0 Å². The number of primary amides is 1. The van der Waals surface area contributed by atoms with Gasteiger partial charge in [0.15, 0.2) is 16.8 Å². The van der Waals surface area contributed by atoms with Crippen molar-refractivity contribution in [2.45, 2.75) is 25.4 Å². The summed E-state index contributed by atoms with van der Waals surface area (Å²) >= 11 is 1.17. The molecule has 2 aromatic rings. The molecule has 1 amide bonds. The molecule has 7 nitrogen and oxygen atoms in total. The lowest BCUT2D eigenvalue weighted by molar-refractivity contribution is 0.0962. The molecular formula is C17H19FN4O3S. The van der Waals surface area contributed by atoms with Crippen molar-refractivity contribution in [3.05, 3.63) is 45.5 Å². The normalized spacial score (nSPS) is 10.8. The number of hydrogen-bond donors (Lipinski definition) is 3. The number of benzene rings is 1. The van der Waals surface area contributed by atoms with E-state index >= 15 is 0 Å². The molecule has 138 valence electrons. The van der Waals surface area contributed by atoms with Gasteiger partial charge >= 0.3 is 0 Å². The molecular weight excluding hydrogens is 359 g/mol. The van der Waals surface area contributed by atoms with Crippen LogP contribution < -0.4 is 16.6 Å². The highest BCUT2D eigenvalue weighted by atomic mass is 32.2. The molecule has 0 aliphatic heterocycles. The van der Waals surface area contributed by atoms with E-state index in [0.717, 1.165) is 6.07 Å². The van der Waals surface area contributed by atoms with Gasteiger partial charge in [0, 0.05) is 12.1 Å². The van der Waals surface area contributed by atoms with Gasteiger partial charge in [-0.05, 0) is 30.4 Å². The smallest absolute Gasteiger partial charge is 0.266 e. The molecule has 0 aliphatic rings. The van der Waals surface area contributed by atoms with Crippen LogP contribution in [0.2, 0.25) is 0 Å². The molecule has 0 spiro atoms. The summed E-state index contributed by atoms with van der Waals surface area (Å²) in [6.07, 6.45) is 1.90. The highest BCUT2D eigenvalue weighted by Crippen LogP contribution is 2.23. The van der Waals surface area contributed by atoms with Crippen LogP contribution in [0.15, 0.2) is 28.2 Å². The Hall–Kier alpha value is -2.68. The first-order valence-corrected chi connectivity index (χ1v) is 9.03. The molecule has 1 aromatic carbocycles. The number of aromatic nitrogens is 2. The quantitative estimate of drug-likeness (QED) is 0.387. The number of nitrogens with zero attached hydrogens (tertiary/aromatic N) is 1. The SMILES string of the molecule is CSc1nc(Nc2ccc(F)c(C(=O)CC(C)C)c2)c(C(N)=O)c(=O)[nH]1. The van der Waals surface area contributed by atoms with Gasteiger partial charge in [-0.1, -0.05) is 25.6 Å². The molecule has 0 saturated heterocycles. The first-order valence-electron chi connectivity index (χ1n) is 7.80. The Morgan fingerprint density at radius 1 is 1.38 bits per heavy atom. The zero-order chi connectivity index (χ0) is 19.4. The number of nitrogens with one attached hydrogen (secondary N) is 2. The zero-order valence-electron chi connectivity index (χ0n) is 14.6. The molecule has 0 saturated carbocycles. The highest BCUT2D eigenvalue weighted by molar-refractivity contribution is 7.98. The van der Waals surface area contributed by atoms with E-state index in [-0.39, 0.29) is 40.2 Å². The number of carbonyl (C=O) groups is 2. The number of aromatic amines is 1. The first-order chi connectivity index (χ1) is 12.2. The maximum atomic E-state index is 14.0. The third-order valence-corrected chi connectivity index (χ3v) is 4.04. The van der Waals surface area contributed by atoms with Crippen LogP contribution in [0.3, 0.4) is 0 Å². The number of rotatable bonds is 7. The van der Waals surface area contributed by atoms with Crippen LogP contribution in [-0.2, 0) is 0 Å². The molecule has 0 fully saturated rings. The molecule has 1 heterocycles. The summed E-state index contributed by atoms with van der Waals surface area (Å²) in [6.45, 7) is 3.72. The average Bonchev–Trinajstić information content (AvgIpc) is 2.54. The third kappa shape index (κ3) is 4.48. The van der Waals surface area contributed by atoms with Crippen LogP contribution in [-0.4, -0.2) is 27.9 Å². The molecule has 0 atom stereocenters. The second kappa shape index (κ2) is 8.13. The topological polar surface area (TPSA) is 118 Å². The van der Waals surface area contributed by atoms with Crippen LogP contribution in [0.25, 0.3) is 0 Å². The summed E-state index contributed by atoms with van der Waals surface area (Å²) in [5.41, 5.74) is 4.47. The molecule has 1 aromatic heterocycles. The molecule has 0 bridgehead atoms. The predicted molar refractivity (Wildman–Crippen MR) is 98.6 cm³/mol. The largest absolute Gasteiger partial charge is 0.365 e. The van der Waals surface area contributed by atoms with Crippen LogP contribution in [0.1, 0.15) is 41.0 Å². The fourth-order valence-corrected chi connectivity index (χ4v) is 2.68. The van der Waals surface area contributed by atoms with Gasteiger partial charge < -0.3 is 16.0 Å². The zero-order valence-corrected chi connectivity index (χ0v) is 15.4. The number of anilines is 2. The molecule has 26 heavy (non-hydrogen) atoms. The van der Waals surface area contributed by atoms with Gasteiger partial charge in [0.2, 0.25) is 0 Å². The van der Waals surface area contributed by atoms with E-state index in [1.807, 2.05) is 13.8 Å². The third-order valence-electron chi connectivity index (χ3n) is 3.46. The summed E-state index contributed by atoms with van der Waals surface area (Å²) in [5.74, 6) is -1.90. The van der Waals surface area contributed by atoms with E-state index in [1.54, 1.807) is 6.26 Å². The predicted octanol–water partition coefficient (Wildman–Crippen LogP) is 2.70. The monoisotopic (exact) mass is 378 g/mol. The highest BCUT2D eigenvalue weighted by Gasteiger charge is 2.18. The number of H-pyrrole nitrogens is 1. The van der Waals surface area contributed by atoms with Crippen molar-refractivity contribution in [1.82, 2.24) is 9.97 Å². The number of nitrogens with two attached hydrogens (primary N) is 1. The minimum Gasteiger partial charge on any atom is -0.365 e. The number of carbonyl (C=O) groups excluding carboxylic acids is 2. The molecule has 4 N–H and O–H groups in total. The van der Waals surface area contributed by atoms with Crippen LogP contribution in [0.4, 0.5) is 15.9 Å². The maximum Gasteiger partial charge on any atom is 0.266 e. The van der Waals surface area contributed by atoms with Gasteiger partial charge in [0.05, 0.1) is 5.56 Å². The van der Waals surface area contributed by atoms with E-state index in [2.05, 4.69) is 15.3 Å². The number of thioether (sulfide) groups is 1. The lowest BCUT2D eigenvalue weighted by Crippen LogP contribution is -2.26. The summed E-state index contributed by atoms with van der Waals surface area (Å²) in [6, 6.07) is 3.85. The average molecular weight is 378 g/mol. The van der Waals surface area contributed by atoms with Gasteiger partial charge in [-0.25, -0.2) is 9.37 Å². The lowest BCUT2D eigenvalue weighted by atomic mass is 10.0. The van der Waals surface area contributed by atoms with Gasteiger partial charge in [0.25, 0.3) is 11.5 Å². The second-order valence-corrected chi connectivity index (χ2v) is 6.80. The Morgan fingerprint density at radius 2 is 2.08 bits per heavy atom. The number of hydrogen-bond acceptors (Lipinski definition) is 6. The number of amides is 1. The Kier molecular flexibility index (Phi) is 6.14. The van der Waals surface area contributed by atoms with Crippen LogP contribution >= 0.6 is 11.8 Å². The Bertz CT molecular complexity index is 911. The van der Waals surface area contributed by atoms with E-state index in [4.69, 9.17) is 5.73 Å². The van der Waals surface area contributed by atoms with Crippen LogP contribution in [0.5, 0.6) is 0 Å². The van der Waals surface area contributed by atoms with Gasteiger partial charge in [-0.2, -0.15) is 0 Å². The molecule has 0 aliphatic carbocycles. The molecule has 0 unspecified atom stereocenters. The Balaban J connectivity index is 2.46. The van der Waals surface area contributed by atoms with E-state index in [1.165, 1.54) is 23.9 Å². The summed E-state index contributed by atoms with van der Waals surface area (Å²) in [4.78, 5) is 42.4. The minimum atomic E-state index is -0.952. The molecule has 9 heteroatoms. The second-order valence-electron chi connectivity index (χ2n) is 6.00. The molecule has 0 radical (unpaired) electrons. The van der Waals surface area contributed by atoms with Crippen molar-refractivity contribution in [3.8, 4) is 0 Å². The standard InChI is InChI=1S/C17H19FN4O3S/c1-8(2)6-12(23)10-7-9(4-5-11(10)18)20-15-13(14(19)24)16(25)22-17(21-15)26-3/h4-5,7-8H,6H2,1-3H3,(H2,19,24)(H2,20,21,22,25). The summed E-state index contributed by atoms with van der Waals surface area (Å²) in [5, 5.41) is 3.06. The summed E-state index contributed by atoms with van der Waals surface area (Å²) in [7, 11) is 0. The summed E-state index contributed by atoms with van der Waals surface area (Å²) < 4.78 is 14.0. The first kappa shape index (κ1) is 19.6. The fourth-order valence-electron chi connectivity index (χ4n) is 2.30. The fraction of sp³-hybridized carbons (Fsp3) is 0.294. The van der Waals surface area contributed by atoms with Gasteiger partial charge in [0.1, 0.15) is 11.4 Å². The van der Waals surface area contributed by atoms with Crippen molar-refractivity contribution in [3.63, 3.8) is 0 Å². The van der Waals surface area contributed by atoms with Crippen LogP contribution in [0, 0.1) is 11.7 Å². The van der Waals surface area contributed by atoms with Gasteiger partial charge in [-0.3, -0.25) is 14.4 Å².